The average Bonchev–Trinajstić information content (AvgIpc) is 3.49. The van der Waals surface area contributed by atoms with Gasteiger partial charge in [0, 0.05) is 10.9 Å². The van der Waals surface area contributed by atoms with Crippen LogP contribution in [-0.4, -0.2) is 22.0 Å². The van der Waals surface area contributed by atoms with Crippen LogP contribution in [0.3, 0.4) is 0 Å². The first-order chi connectivity index (χ1) is 14.3. The first kappa shape index (κ1) is 20.7. The van der Waals surface area contributed by atoms with Gasteiger partial charge < -0.3 is 5.73 Å². The van der Waals surface area contributed by atoms with Gasteiger partial charge in [0.1, 0.15) is 23.0 Å². The van der Waals surface area contributed by atoms with E-state index in [1.807, 2.05) is 6.07 Å². The van der Waals surface area contributed by atoms with Gasteiger partial charge >= 0.3 is 0 Å². The van der Waals surface area contributed by atoms with E-state index in [1.54, 1.807) is 18.2 Å². The van der Waals surface area contributed by atoms with Crippen LogP contribution in [-0.2, 0) is 9.59 Å². The fourth-order valence-electron chi connectivity index (χ4n) is 3.44. The molecule has 0 bridgehead atoms. The Balaban J connectivity index is 1.69. The Labute approximate surface area is 189 Å². The number of nitrogen functional groups attached to an aromatic ring is 1. The van der Waals surface area contributed by atoms with E-state index in [0.29, 0.717) is 11.3 Å². The Kier molecular flexibility index (Phi) is 5.46. The molecule has 1 saturated carbocycles. The van der Waals surface area contributed by atoms with Crippen molar-refractivity contribution in [3.63, 3.8) is 0 Å². The van der Waals surface area contributed by atoms with E-state index in [-0.39, 0.29) is 45.2 Å². The van der Waals surface area contributed by atoms with Gasteiger partial charge in [0.15, 0.2) is 0 Å². The molecular formula is C20H13BrClN5O2S. The molecule has 1 saturated heterocycles. The SMILES string of the molecule is N#Cc1c(N)nc(S[C@@H]2CC(=O)N(c3ccc(Br)cc3Cl)C2=O)c(C#N)c1C1CC1. The van der Waals surface area contributed by atoms with Crippen LogP contribution >= 0.6 is 39.3 Å². The lowest BCUT2D eigenvalue weighted by Crippen LogP contribution is -2.31. The highest BCUT2D eigenvalue weighted by Crippen LogP contribution is 2.47. The summed E-state index contributed by atoms with van der Waals surface area (Å²) in [6.45, 7) is 0. The minimum atomic E-state index is -0.767. The number of nitriles is 2. The lowest BCUT2D eigenvalue weighted by Gasteiger charge is -2.17. The summed E-state index contributed by atoms with van der Waals surface area (Å²) >= 11 is 10.6. The van der Waals surface area contributed by atoms with Crippen molar-refractivity contribution in [2.75, 3.05) is 10.6 Å². The molecule has 1 aliphatic heterocycles. The standard InChI is InChI=1S/C20H13BrClN5O2S/c21-10-3-4-14(13(22)5-10)27-16(28)6-15(20(27)29)30-19-12(8-24)17(9-1-2-9)11(7-23)18(25)26-19/h3-5,9,15H,1-2,6H2,(H2,25,26)/t15-/m1/s1. The number of benzene rings is 1. The van der Waals surface area contributed by atoms with Crippen molar-refractivity contribution >= 4 is 62.6 Å². The molecule has 2 amide bonds. The summed E-state index contributed by atoms with van der Waals surface area (Å²) in [7, 11) is 0. The van der Waals surface area contributed by atoms with Crippen LogP contribution in [0.1, 0.15) is 41.9 Å². The lowest BCUT2D eigenvalue weighted by molar-refractivity contribution is -0.121. The zero-order chi connectivity index (χ0) is 21.6. The van der Waals surface area contributed by atoms with E-state index in [0.717, 1.165) is 34.0 Å². The predicted octanol–water partition coefficient (Wildman–Crippen LogP) is 4.12. The Bertz CT molecular complexity index is 1190. The van der Waals surface area contributed by atoms with E-state index >= 15 is 0 Å². The first-order valence-electron chi connectivity index (χ1n) is 8.97. The summed E-state index contributed by atoms with van der Waals surface area (Å²) in [4.78, 5) is 30.9. The summed E-state index contributed by atoms with van der Waals surface area (Å²) < 4.78 is 0.727. The number of imide groups is 1. The van der Waals surface area contributed by atoms with Gasteiger partial charge in [-0.05, 0) is 42.5 Å². The fraction of sp³-hybridized carbons (Fsp3) is 0.250. The normalized spacial score (nSPS) is 18.4. The Morgan fingerprint density at radius 1 is 1.23 bits per heavy atom. The molecule has 10 heteroatoms. The molecule has 1 atom stereocenters. The fourth-order valence-corrected chi connectivity index (χ4v) is 5.32. The number of rotatable bonds is 4. The van der Waals surface area contributed by atoms with E-state index in [4.69, 9.17) is 17.3 Å². The quantitative estimate of drug-likeness (QED) is 0.623. The summed E-state index contributed by atoms with van der Waals surface area (Å²) in [6.07, 6.45) is 1.68. The number of pyridine rings is 1. The van der Waals surface area contributed by atoms with Gasteiger partial charge in [-0.25, -0.2) is 9.88 Å². The number of nitrogens with zero attached hydrogens (tertiary/aromatic N) is 4. The van der Waals surface area contributed by atoms with Crippen LogP contribution in [0.5, 0.6) is 0 Å². The Morgan fingerprint density at radius 3 is 2.53 bits per heavy atom. The third kappa shape index (κ3) is 3.54. The minimum absolute atomic E-state index is 0.0329. The topological polar surface area (TPSA) is 124 Å². The van der Waals surface area contributed by atoms with Crippen molar-refractivity contribution in [1.82, 2.24) is 4.98 Å². The molecule has 2 fully saturated rings. The number of thioether (sulfide) groups is 1. The summed E-state index contributed by atoms with van der Waals surface area (Å²) in [5.74, 6) is -0.691. The van der Waals surface area contributed by atoms with Crippen molar-refractivity contribution in [3.8, 4) is 12.1 Å². The second kappa shape index (κ2) is 7.92. The average molecular weight is 503 g/mol. The number of anilines is 2. The summed E-state index contributed by atoms with van der Waals surface area (Å²) in [6, 6.07) is 9.06. The van der Waals surface area contributed by atoms with Gasteiger partial charge in [-0.1, -0.05) is 39.3 Å². The molecule has 150 valence electrons. The zero-order valence-corrected chi connectivity index (χ0v) is 18.5. The Morgan fingerprint density at radius 2 is 1.93 bits per heavy atom. The molecule has 0 unspecified atom stereocenters. The van der Waals surface area contributed by atoms with Gasteiger partial charge in [-0.3, -0.25) is 9.59 Å². The number of nitrogens with two attached hydrogens (primary N) is 1. The van der Waals surface area contributed by atoms with Crippen molar-refractivity contribution in [2.45, 2.75) is 35.5 Å². The zero-order valence-electron chi connectivity index (χ0n) is 15.4. The highest BCUT2D eigenvalue weighted by Gasteiger charge is 2.42. The van der Waals surface area contributed by atoms with E-state index in [9.17, 15) is 20.1 Å². The largest absolute Gasteiger partial charge is 0.383 e. The van der Waals surface area contributed by atoms with Crippen LogP contribution in [0, 0.1) is 22.7 Å². The van der Waals surface area contributed by atoms with E-state index in [1.165, 1.54) is 0 Å². The molecule has 2 aliphatic rings. The van der Waals surface area contributed by atoms with E-state index in [2.05, 4.69) is 27.0 Å². The van der Waals surface area contributed by atoms with Gasteiger partial charge in [-0.2, -0.15) is 10.5 Å². The summed E-state index contributed by atoms with van der Waals surface area (Å²) in [5.41, 5.74) is 7.35. The maximum atomic E-state index is 13.0. The van der Waals surface area contributed by atoms with E-state index < -0.39 is 11.2 Å². The van der Waals surface area contributed by atoms with Crippen LogP contribution in [0.4, 0.5) is 11.5 Å². The van der Waals surface area contributed by atoms with Crippen LogP contribution in [0.25, 0.3) is 0 Å². The molecule has 4 rings (SSSR count). The second-order valence-corrected chi connectivity index (χ2v) is 9.45. The van der Waals surface area contributed by atoms with Crippen LogP contribution < -0.4 is 10.6 Å². The number of aromatic nitrogens is 1. The number of carbonyl (C=O) groups excluding carboxylic acids is 2. The Hall–Kier alpha value is -2.59. The maximum Gasteiger partial charge on any atom is 0.247 e. The lowest BCUT2D eigenvalue weighted by atomic mass is 10.0. The number of hydrogen-bond donors (Lipinski definition) is 1. The third-order valence-electron chi connectivity index (χ3n) is 4.95. The molecule has 7 nitrogen and oxygen atoms in total. The number of hydrogen-bond acceptors (Lipinski definition) is 7. The predicted molar refractivity (Wildman–Crippen MR) is 116 cm³/mol. The van der Waals surface area contributed by atoms with Gasteiger partial charge in [0.2, 0.25) is 11.8 Å². The minimum Gasteiger partial charge on any atom is -0.383 e. The van der Waals surface area contributed by atoms with Gasteiger partial charge in [-0.15, -0.1) is 0 Å². The smallest absolute Gasteiger partial charge is 0.247 e. The summed E-state index contributed by atoms with van der Waals surface area (Å²) in [5, 5.41) is 19.0. The number of amides is 2. The highest BCUT2D eigenvalue weighted by molar-refractivity contribution is 9.10. The number of halogens is 2. The van der Waals surface area contributed by atoms with Crippen molar-refractivity contribution in [1.29, 1.82) is 10.5 Å². The highest BCUT2D eigenvalue weighted by atomic mass is 79.9. The third-order valence-corrected chi connectivity index (χ3v) is 6.92. The molecular weight excluding hydrogens is 490 g/mol. The molecule has 30 heavy (non-hydrogen) atoms. The molecule has 1 aliphatic carbocycles. The molecule has 0 spiro atoms. The maximum absolute atomic E-state index is 13.0. The number of carbonyl (C=O) groups is 2. The molecule has 2 heterocycles. The second-order valence-electron chi connectivity index (χ2n) is 6.94. The van der Waals surface area contributed by atoms with Gasteiger partial charge in [0.05, 0.1) is 27.1 Å². The van der Waals surface area contributed by atoms with Crippen molar-refractivity contribution < 1.29 is 9.59 Å². The molecule has 1 aromatic heterocycles. The molecule has 2 N–H and O–H groups in total. The van der Waals surface area contributed by atoms with Crippen LogP contribution in [0.15, 0.2) is 27.7 Å². The van der Waals surface area contributed by atoms with Crippen molar-refractivity contribution in [3.05, 3.63) is 44.4 Å². The molecule has 1 aromatic carbocycles. The monoisotopic (exact) mass is 501 g/mol. The first-order valence-corrected chi connectivity index (χ1v) is 11.0. The van der Waals surface area contributed by atoms with Crippen molar-refractivity contribution in [2.24, 2.45) is 0 Å². The molecule has 2 aromatic rings. The van der Waals surface area contributed by atoms with Gasteiger partial charge in [0.25, 0.3) is 0 Å². The molecule has 0 radical (unpaired) electrons. The van der Waals surface area contributed by atoms with Crippen LogP contribution in [0.2, 0.25) is 5.02 Å².